The van der Waals surface area contributed by atoms with E-state index in [9.17, 15) is 9.90 Å². The number of benzene rings is 1. The van der Waals surface area contributed by atoms with Crippen LogP contribution in [-0.2, 0) is 0 Å². The van der Waals surface area contributed by atoms with Crippen LogP contribution in [0.2, 0.25) is 0 Å². The molecule has 0 bridgehead atoms. The molecule has 0 saturated carbocycles. The van der Waals surface area contributed by atoms with Crippen LogP contribution >= 0.6 is 0 Å². The van der Waals surface area contributed by atoms with E-state index in [2.05, 4.69) is 13.8 Å². The minimum atomic E-state index is -0.397. The van der Waals surface area contributed by atoms with Crippen molar-refractivity contribution in [1.29, 1.82) is 0 Å². The van der Waals surface area contributed by atoms with E-state index < -0.39 is 6.10 Å². The van der Waals surface area contributed by atoms with E-state index in [1.165, 1.54) is 13.0 Å². The molecule has 0 aliphatic carbocycles. The summed E-state index contributed by atoms with van der Waals surface area (Å²) < 4.78 is 0. The lowest BCUT2D eigenvalue weighted by Crippen LogP contribution is -2.26. The molecule has 0 radical (unpaired) electrons. The molecule has 0 aliphatic rings. The number of rotatable bonds is 6. The van der Waals surface area contributed by atoms with Crippen molar-refractivity contribution in [3.05, 3.63) is 29.3 Å². The van der Waals surface area contributed by atoms with Gasteiger partial charge in [-0.2, -0.15) is 0 Å². The molecule has 3 N–H and O–H groups in total. The van der Waals surface area contributed by atoms with Crippen LogP contribution in [0.25, 0.3) is 0 Å². The Labute approximate surface area is 167 Å². The van der Waals surface area contributed by atoms with Crippen LogP contribution in [0.5, 0.6) is 5.75 Å². The number of aromatic hydroxyl groups is 1. The lowest BCUT2D eigenvalue weighted by Gasteiger charge is -2.24. The van der Waals surface area contributed by atoms with Gasteiger partial charge in [0.25, 0.3) is 0 Å². The van der Waals surface area contributed by atoms with E-state index in [0.29, 0.717) is 17.9 Å². The predicted octanol–water partition coefficient (Wildman–Crippen LogP) is 5.76. The molecule has 0 fully saturated rings. The largest absolute Gasteiger partial charge is 0.508 e. The van der Waals surface area contributed by atoms with Gasteiger partial charge in [-0.3, -0.25) is 4.79 Å². The standard InChI is InChI=1S/C10H22O2.C9H10O2.2C2H6/c1-5-7(2)9(4)10(12)6-8(3)11;1-6-5-8(7(2)10)3-4-9(6)11;2*1-2/h7-12H,5-6H2,1-4H3;3-5,11H,1-2H3;2*1-2H3. The summed E-state index contributed by atoms with van der Waals surface area (Å²) in [7, 11) is 0. The van der Waals surface area contributed by atoms with Gasteiger partial charge in [-0.1, -0.05) is 54.9 Å². The number of aryl methyl sites for hydroxylation is 1. The van der Waals surface area contributed by atoms with Gasteiger partial charge in [-0.15, -0.1) is 0 Å². The van der Waals surface area contributed by atoms with Crippen molar-refractivity contribution < 1.29 is 20.1 Å². The normalized spacial score (nSPS) is 13.9. The number of phenolic OH excluding ortho intramolecular Hbond substituents is 1. The Hall–Kier alpha value is -1.39. The van der Waals surface area contributed by atoms with E-state index in [1.54, 1.807) is 26.0 Å². The van der Waals surface area contributed by atoms with Crippen LogP contribution in [0.4, 0.5) is 0 Å². The van der Waals surface area contributed by atoms with Gasteiger partial charge in [0.15, 0.2) is 5.78 Å². The summed E-state index contributed by atoms with van der Waals surface area (Å²) >= 11 is 0. The highest BCUT2D eigenvalue weighted by Gasteiger charge is 2.20. The van der Waals surface area contributed by atoms with E-state index in [-0.39, 0.29) is 23.6 Å². The smallest absolute Gasteiger partial charge is 0.159 e. The molecule has 0 heterocycles. The molecule has 4 nitrogen and oxygen atoms in total. The summed E-state index contributed by atoms with van der Waals surface area (Å²) in [5.41, 5.74) is 1.37. The second-order valence-electron chi connectivity index (χ2n) is 6.45. The summed E-state index contributed by atoms with van der Waals surface area (Å²) in [4.78, 5) is 10.8. The first kappa shape index (κ1) is 30.3. The lowest BCUT2D eigenvalue weighted by atomic mass is 9.86. The molecular weight excluding hydrogens is 340 g/mol. The quantitative estimate of drug-likeness (QED) is 0.545. The molecule has 160 valence electrons. The molecule has 27 heavy (non-hydrogen) atoms. The van der Waals surface area contributed by atoms with Crippen molar-refractivity contribution in [3.8, 4) is 5.75 Å². The Balaban J connectivity index is -0.000000360. The minimum absolute atomic E-state index is 0.0214. The van der Waals surface area contributed by atoms with Crippen LogP contribution in [-0.4, -0.2) is 33.3 Å². The maximum absolute atomic E-state index is 10.8. The van der Waals surface area contributed by atoms with Gasteiger partial charge in [0.05, 0.1) is 12.2 Å². The highest BCUT2D eigenvalue weighted by atomic mass is 16.3. The van der Waals surface area contributed by atoms with E-state index in [0.717, 1.165) is 12.0 Å². The zero-order valence-electron chi connectivity index (χ0n) is 19.2. The maximum Gasteiger partial charge on any atom is 0.159 e. The maximum atomic E-state index is 10.8. The molecule has 4 atom stereocenters. The molecular formula is C23H44O4. The average molecular weight is 385 g/mol. The van der Waals surface area contributed by atoms with E-state index in [4.69, 9.17) is 10.2 Å². The van der Waals surface area contributed by atoms with E-state index >= 15 is 0 Å². The Morgan fingerprint density at radius 2 is 1.52 bits per heavy atom. The molecule has 0 aromatic heterocycles. The van der Waals surface area contributed by atoms with Crippen LogP contribution in [0.15, 0.2) is 18.2 Å². The second-order valence-corrected chi connectivity index (χ2v) is 6.45. The molecule has 1 aromatic carbocycles. The van der Waals surface area contributed by atoms with Gasteiger partial charge in [-0.05, 0) is 62.8 Å². The Bertz CT molecular complexity index is 483. The van der Waals surface area contributed by atoms with Crippen molar-refractivity contribution in [2.75, 3.05) is 0 Å². The van der Waals surface area contributed by atoms with E-state index in [1.807, 2.05) is 34.6 Å². The third-order valence-electron chi connectivity index (χ3n) is 4.33. The summed E-state index contributed by atoms with van der Waals surface area (Å²) in [6.45, 7) is 19.3. The predicted molar refractivity (Wildman–Crippen MR) is 116 cm³/mol. The second kappa shape index (κ2) is 18.0. The number of aliphatic hydroxyl groups is 2. The molecule has 0 amide bonds. The number of phenols is 1. The molecule has 0 spiro atoms. The Morgan fingerprint density at radius 1 is 1.04 bits per heavy atom. The highest BCUT2D eigenvalue weighted by Crippen LogP contribution is 2.21. The van der Waals surface area contributed by atoms with Crippen molar-refractivity contribution in [1.82, 2.24) is 0 Å². The molecule has 1 rings (SSSR count). The van der Waals surface area contributed by atoms with Gasteiger partial charge in [0, 0.05) is 5.56 Å². The summed E-state index contributed by atoms with van der Waals surface area (Å²) in [6.07, 6.45) is 0.815. The van der Waals surface area contributed by atoms with Crippen LogP contribution in [0.1, 0.15) is 91.1 Å². The molecule has 4 unspecified atom stereocenters. The minimum Gasteiger partial charge on any atom is -0.508 e. The lowest BCUT2D eigenvalue weighted by molar-refractivity contribution is 0.0373. The highest BCUT2D eigenvalue weighted by molar-refractivity contribution is 5.94. The first-order valence-electron chi connectivity index (χ1n) is 10.3. The number of Topliss-reactive ketones (excluding diaryl/α,β-unsaturated/α-hetero) is 1. The van der Waals surface area contributed by atoms with Gasteiger partial charge in [0.1, 0.15) is 5.75 Å². The zero-order chi connectivity index (χ0) is 22.2. The average Bonchev–Trinajstić information content (AvgIpc) is 2.65. The number of ketones is 1. The van der Waals surface area contributed by atoms with Crippen LogP contribution in [0, 0.1) is 18.8 Å². The number of aliphatic hydroxyl groups excluding tert-OH is 2. The monoisotopic (exact) mass is 384 g/mol. The number of carbonyl (C=O) groups excluding carboxylic acids is 1. The molecule has 0 aliphatic heterocycles. The third-order valence-corrected chi connectivity index (χ3v) is 4.33. The first-order chi connectivity index (χ1) is 12.6. The van der Waals surface area contributed by atoms with Crippen molar-refractivity contribution in [2.45, 2.75) is 94.3 Å². The summed E-state index contributed by atoms with van der Waals surface area (Å²) in [5.74, 6) is 1.06. The number of hydrogen-bond acceptors (Lipinski definition) is 4. The molecule has 0 saturated heterocycles. The van der Waals surface area contributed by atoms with Crippen molar-refractivity contribution in [3.63, 3.8) is 0 Å². The topological polar surface area (TPSA) is 77.8 Å². The van der Waals surface area contributed by atoms with Gasteiger partial charge in [0.2, 0.25) is 0 Å². The zero-order valence-corrected chi connectivity index (χ0v) is 19.2. The fraction of sp³-hybridized carbons (Fsp3) is 0.696. The fourth-order valence-electron chi connectivity index (χ4n) is 2.19. The van der Waals surface area contributed by atoms with Crippen molar-refractivity contribution >= 4 is 5.78 Å². The van der Waals surface area contributed by atoms with Crippen LogP contribution in [0.3, 0.4) is 0 Å². The van der Waals surface area contributed by atoms with Gasteiger partial charge >= 0.3 is 0 Å². The third kappa shape index (κ3) is 14.3. The van der Waals surface area contributed by atoms with Crippen LogP contribution < -0.4 is 0 Å². The van der Waals surface area contributed by atoms with Gasteiger partial charge in [-0.25, -0.2) is 0 Å². The Morgan fingerprint density at radius 3 is 1.85 bits per heavy atom. The number of hydrogen-bond donors (Lipinski definition) is 3. The summed E-state index contributed by atoms with van der Waals surface area (Å²) in [5, 5.41) is 27.8. The molecule has 1 aromatic rings. The number of carbonyl (C=O) groups is 1. The fourth-order valence-corrected chi connectivity index (χ4v) is 2.19. The van der Waals surface area contributed by atoms with Gasteiger partial charge < -0.3 is 15.3 Å². The first-order valence-corrected chi connectivity index (χ1v) is 10.3. The van der Waals surface area contributed by atoms with Crippen molar-refractivity contribution in [2.24, 2.45) is 11.8 Å². The molecule has 4 heteroatoms. The Kier molecular flexibility index (Phi) is 20.2. The summed E-state index contributed by atoms with van der Waals surface area (Å²) in [6, 6.07) is 4.83. The SMILES string of the molecule is CC.CC.CC(=O)c1ccc(O)c(C)c1.CCC(C)C(C)C(O)CC(C)O.